The quantitative estimate of drug-likeness (QED) is 0.450. The number of carbonyl (C=O) groups is 1. The van der Waals surface area contributed by atoms with Crippen LogP contribution in [-0.2, 0) is 4.74 Å². The van der Waals surface area contributed by atoms with E-state index >= 15 is 0 Å². The Labute approximate surface area is 114 Å². The SMILES string of the molecule is C=C(/C=C/C1CCCCC1)OC(=O)c1ccccc1. The number of rotatable bonds is 4. The number of carbonyl (C=O) groups excluding carboxylic acids is 1. The van der Waals surface area contributed by atoms with E-state index in [1.807, 2.05) is 24.3 Å². The van der Waals surface area contributed by atoms with Gasteiger partial charge in [0.25, 0.3) is 0 Å². The van der Waals surface area contributed by atoms with Gasteiger partial charge in [-0.3, -0.25) is 0 Å². The van der Waals surface area contributed by atoms with E-state index in [1.54, 1.807) is 12.1 Å². The van der Waals surface area contributed by atoms with Crippen LogP contribution < -0.4 is 0 Å². The average Bonchev–Trinajstić information content (AvgIpc) is 2.47. The topological polar surface area (TPSA) is 26.3 Å². The molecule has 1 aromatic rings. The highest BCUT2D eigenvalue weighted by atomic mass is 16.5. The zero-order valence-electron chi connectivity index (χ0n) is 11.2. The average molecular weight is 256 g/mol. The highest BCUT2D eigenvalue weighted by Gasteiger charge is 2.11. The summed E-state index contributed by atoms with van der Waals surface area (Å²) < 4.78 is 5.21. The predicted octanol–water partition coefficient (Wildman–Crippen LogP) is 4.49. The van der Waals surface area contributed by atoms with Gasteiger partial charge in [0.15, 0.2) is 0 Å². The van der Waals surface area contributed by atoms with Crippen LogP contribution in [0.1, 0.15) is 42.5 Å². The molecule has 2 nitrogen and oxygen atoms in total. The van der Waals surface area contributed by atoms with Gasteiger partial charge >= 0.3 is 5.97 Å². The molecule has 19 heavy (non-hydrogen) atoms. The second kappa shape index (κ2) is 6.93. The van der Waals surface area contributed by atoms with Gasteiger partial charge in [0.2, 0.25) is 0 Å². The largest absolute Gasteiger partial charge is 0.424 e. The molecular formula is C17H20O2. The Balaban J connectivity index is 1.84. The van der Waals surface area contributed by atoms with Crippen molar-refractivity contribution in [2.45, 2.75) is 32.1 Å². The van der Waals surface area contributed by atoms with Crippen molar-refractivity contribution in [1.82, 2.24) is 0 Å². The second-order valence-corrected chi connectivity index (χ2v) is 4.98. The summed E-state index contributed by atoms with van der Waals surface area (Å²) in [6.45, 7) is 3.77. The van der Waals surface area contributed by atoms with Crippen molar-refractivity contribution < 1.29 is 9.53 Å². The van der Waals surface area contributed by atoms with E-state index in [-0.39, 0.29) is 5.97 Å². The van der Waals surface area contributed by atoms with Crippen molar-refractivity contribution in [2.24, 2.45) is 5.92 Å². The van der Waals surface area contributed by atoms with E-state index < -0.39 is 0 Å². The Hall–Kier alpha value is -1.83. The van der Waals surface area contributed by atoms with Crippen molar-refractivity contribution in [1.29, 1.82) is 0 Å². The van der Waals surface area contributed by atoms with Crippen LogP contribution in [-0.4, -0.2) is 5.97 Å². The van der Waals surface area contributed by atoms with E-state index in [0.717, 1.165) is 0 Å². The molecular weight excluding hydrogens is 236 g/mol. The van der Waals surface area contributed by atoms with Gasteiger partial charge in [0.1, 0.15) is 5.76 Å². The summed E-state index contributed by atoms with van der Waals surface area (Å²) in [6.07, 6.45) is 10.4. The highest BCUT2D eigenvalue weighted by Crippen LogP contribution is 2.24. The van der Waals surface area contributed by atoms with Crippen molar-refractivity contribution in [3.8, 4) is 0 Å². The van der Waals surface area contributed by atoms with Crippen molar-refractivity contribution in [3.05, 3.63) is 60.4 Å². The van der Waals surface area contributed by atoms with Crippen LogP contribution >= 0.6 is 0 Å². The van der Waals surface area contributed by atoms with Crippen LogP contribution in [0.4, 0.5) is 0 Å². The summed E-state index contributed by atoms with van der Waals surface area (Å²) in [6, 6.07) is 8.98. The first-order valence-electron chi connectivity index (χ1n) is 6.90. The Kier molecular flexibility index (Phi) is 4.96. The van der Waals surface area contributed by atoms with Crippen molar-refractivity contribution >= 4 is 5.97 Å². The lowest BCUT2D eigenvalue weighted by Crippen LogP contribution is -2.05. The van der Waals surface area contributed by atoms with Gasteiger partial charge in [-0.2, -0.15) is 0 Å². The molecule has 1 aliphatic rings. The third kappa shape index (κ3) is 4.40. The first kappa shape index (κ1) is 13.6. The monoisotopic (exact) mass is 256 g/mol. The smallest absolute Gasteiger partial charge is 0.343 e. The van der Waals surface area contributed by atoms with Crippen LogP contribution in [0.3, 0.4) is 0 Å². The summed E-state index contributed by atoms with van der Waals surface area (Å²) in [5.74, 6) is 0.680. The summed E-state index contributed by atoms with van der Waals surface area (Å²) >= 11 is 0. The maximum absolute atomic E-state index is 11.8. The molecule has 0 saturated heterocycles. The molecule has 0 amide bonds. The number of benzene rings is 1. The molecule has 0 heterocycles. The van der Waals surface area contributed by atoms with E-state index in [9.17, 15) is 4.79 Å². The Morgan fingerprint density at radius 3 is 2.53 bits per heavy atom. The van der Waals surface area contributed by atoms with Crippen molar-refractivity contribution in [2.75, 3.05) is 0 Å². The fourth-order valence-corrected chi connectivity index (χ4v) is 2.36. The molecule has 0 spiro atoms. The third-order valence-corrected chi connectivity index (χ3v) is 3.44. The number of esters is 1. The van der Waals surface area contributed by atoms with Gasteiger partial charge in [0.05, 0.1) is 5.56 Å². The van der Waals surface area contributed by atoms with Gasteiger partial charge in [-0.05, 0) is 37.0 Å². The molecule has 0 atom stereocenters. The first-order valence-corrected chi connectivity index (χ1v) is 6.90. The molecule has 2 rings (SSSR count). The first-order chi connectivity index (χ1) is 9.25. The lowest BCUT2D eigenvalue weighted by molar-refractivity contribution is 0.0638. The van der Waals surface area contributed by atoms with Gasteiger partial charge in [-0.1, -0.05) is 50.1 Å². The maximum atomic E-state index is 11.8. The van der Waals surface area contributed by atoms with Gasteiger partial charge in [0, 0.05) is 0 Å². The molecule has 0 radical (unpaired) electrons. The van der Waals surface area contributed by atoms with Gasteiger partial charge < -0.3 is 4.74 Å². The van der Waals surface area contributed by atoms with E-state index in [1.165, 1.54) is 32.1 Å². The van der Waals surface area contributed by atoms with E-state index in [2.05, 4.69) is 12.7 Å². The normalized spacial score (nSPS) is 16.4. The molecule has 100 valence electrons. The fourth-order valence-electron chi connectivity index (χ4n) is 2.36. The lowest BCUT2D eigenvalue weighted by atomic mass is 9.89. The molecule has 0 aliphatic heterocycles. The molecule has 0 N–H and O–H groups in total. The van der Waals surface area contributed by atoms with Crippen LogP contribution in [0.5, 0.6) is 0 Å². The molecule has 1 saturated carbocycles. The van der Waals surface area contributed by atoms with Crippen LogP contribution in [0.2, 0.25) is 0 Å². The summed E-state index contributed by atoms with van der Waals surface area (Å²) in [7, 11) is 0. The van der Waals surface area contributed by atoms with E-state index in [0.29, 0.717) is 17.2 Å². The standard InChI is InChI=1S/C17H20O2/c1-14(12-13-15-8-4-2-5-9-15)19-17(18)16-10-6-3-7-11-16/h3,6-7,10-13,15H,1-2,4-5,8-9H2/b13-12+. The molecule has 0 unspecified atom stereocenters. The van der Waals surface area contributed by atoms with Crippen molar-refractivity contribution in [3.63, 3.8) is 0 Å². The van der Waals surface area contributed by atoms with Gasteiger partial charge in [-0.15, -0.1) is 0 Å². The van der Waals surface area contributed by atoms with Crippen LogP contribution in [0.25, 0.3) is 0 Å². The minimum absolute atomic E-state index is 0.348. The molecule has 1 aromatic carbocycles. The zero-order chi connectivity index (χ0) is 13.5. The molecule has 0 bridgehead atoms. The van der Waals surface area contributed by atoms with Crippen LogP contribution in [0.15, 0.2) is 54.8 Å². The lowest BCUT2D eigenvalue weighted by Gasteiger charge is -2.17. The van der Waals surface area contributed by atoms with E-state index in [4.69, 9.17) is 4.74 Å². The Morgan fingerprint density at radius 1 is 1.16 bits per heavy atom. The molecule has 0 aromatic heterocycles. The highest BCUT2D eigenvalue weighted by molar-refractivity contribution is 5.90. The maximum Gasteiger partial charge on any atom is 0.343 e. The number of ether oxygens (including phenoxy) is 1. The minimum atomic E-state index is -0.348. The molecule has 1 aliphatic carbocycles. The zero-order valence-corrected chi connectivity index (χ0v) is 11.2. The summed E-state index contributed by atoms with van der Waals surface area (Å²) in [5.41, 5.74) is 0.551. The predicted molar refractivity (Wildman–Crippen MR) is 76.7 cm³/mol. The number of hydrogen-bond donors (Lipinski definition) is 0. The molecule has 2 heteroatoms. The van der Waals surface area contributed by atoms with Crippen LogP contribution in [0, 0.1) is 5.92 Å². The van der Waals surface area contributed by atoms with Gasteiger partial charge in [-0.25, -0.2) is 4.79 Å². The Bertz CT molecular complexity index is 453. The number of hydrogen-bond acceptors (Lipinski definition) is 2. The second-order valence-electron chi connectivity index (χ2n) is 4.98. The summed E-state index contributed by atoms with van der Waals surface area (Å²) in [4.78, 5) is 11.8. The summed E-state index contributed by atoms with van der Waals surface area (Å²) in [5, 5.41) is 0. The molecule has 1 fully saturated rings. The minimum Gasteiger partial charge on any atom is -0.424 e. The third-order valence-electron chi connectivity index (χ3n) is 3.44. The fraction of sp³-hybridized carbons (Fsp3) is 0.353. The number of allylic oxidation sites excluding steroid dienone is 2. The Morgan fingerprint density at radius 2 is 1.84 bits per heavy atom.